The molecule has 0 aliphatic rings. The van der Waals surface area contributed by atoms with Crippen LogP contribution >= 0.6 is 0 Å². The molecule has 114 valence electrons. The lowest BCUT2D eigenvalue weighted by Gasteiger charge is -2.17. The minimum atomic E-state index is -4.63. The van der Waals surface area contributed by atoms with Crippen LogP contribution < -0.4 is 5.32 Å². The van der Waals surface area contributed by atoms with E-state index in [1.165, 1.54) is 6.07 Å². The van der Waals surface area contributed by atoms with Gasteiger partial charge in [-0.1, -0.05) is 26.3 Å². The first kappa shape index (κ1) is 17.0. The fraction of sp³-hybridized carbons (Fsp3) is 0.600. The van der Waals surface area contributed by atoms with Gasteiger partial charge in [-0.05, 0) is 43.5 Å². The topological polar surface area (TPSA) is 12.0 Å². The van der Waals surface area contributed by atoms with Gasteiger partial charge in [-0.2, -0.15) is 13.2 Å². The van der Waals surface area contributed by atoms with Gasteiger partial charge in [0, 0.05) is 6.04 Å². The first-order chi connectivity index (χ1) is 9.38. The van der Waals surface area contributed by atoms with Crippen LogP contribution in [0.15, 0.2) is 18.2 Å². The Bertz CT molecular complexity index is 409. The van der Waals surface area contributed by atoms with Gasteiger partial charge in [0.15, 0.2) is 0 Å². The maximum absolute atomic E-state index is 13.2. The molecule has 0 bridgehead atoms. The van der Waals surface area contributed by atoms with Crippen molar-refractivity contribution < 1.29 is 17.6 Å². The second-order valence-corrected chi connectivity index (χ2v) is 4.89. The van der Waals surface area contributed by atoms with E-state index in [0.29, 0.717) is 18.0 Å². The van der Waals surface area contributed by atoms with Gasteiger partial charge in [0.1, 0.15) is 5.82 Å². The lowest BCUT2D eigenvalue weighted by Crippen LogP contribution is -2.29. The average molecular weight is 291 g/mol. The molecule has 0 fully saturated rings. The molecule has 0 radical (unpaired) electrons. The van der Waals surface area contributed by atoms with E-state index in [1.54, 1.807) is 0 Å². The van der Waals surface area contributed by atoms with Gasteiger partial charge < -0.3 is 5.32 Å². The standard InChI is InChI=1S/C15H21F4N/c1-3-5-12(20-4-2)8-6-11-7-9-14(16)13(10-11)15(17,18)19/h7,9-10,12,20H,3-6,8H2,1-2H3. The van der Waals surface area contributed by atoms with Gasteiger partial charge in [-0.15, -0.1) is 0 Å². The van der Waals surface area contributed by atoms with Crippen molar-refractivity contribution in [2.75, 3.05) is 6.54 Å². The molecule has 0 aliphatic carbocycles. The molecule has 1 nitrogen and oxygen atoms in total. The molecule has 0 heterocycles. The highest BCUT2D eigenvalue weighted by molar-refractivity contribution is 5.27. The van der Waals surface area contributed by atoms with Gasteiger partial charge in [-0.25, -0.2) is 4.39 Å². The Hall–Kier alpha value is -1.10. The Labute approximate surface area is 117 Å². The summed E-state index contributed by atoms with van der Waals surface area (Å²) in [6.45, 7) is 4.91. The summed E-state index contributed by atoms with van der Waals surface area (Å²) in [4.78, 5) is 0. The van der Waals surface area contributed by atoms with Crippen LogP contribution in [-0.2, 0) is 12.6 Å². The van der Waals surface area contributed by atoms with Crippen LogP contribution in [0.4, 0.5) is 17.6 Å². The number of rotatable bonds is 7. The van der Waals surface area contributed by atoms with Crippen LogP contribution in [0.1, 0.15) is 44.2 Å². The van der Waals surface area contributed by atoms with E-state index in [1.807, 2.05) is 6.92 Å². The molecule has 1 N–H and O–H groups in total. The molecule has 0 aromatic heterocycles. The van der Waals surface area contributed by atoms with Crippen molar-refractivity contribution in [1.29, 1.82) is 0 Å². The number of nitrogens with one attached hydrogen (secondary N) is 1. The highest BCUT2D eigenvalue weighted by Gasteiger charge is 2.34. The predicted octanol–water partition coefficient (Wildman–Crippen LogP) is 4.56. The van der Waals surface area contributed by atoms with Crippen molar-refractivity contribution in [2.45, 2.75) is 51.7 Å². The molecular formula is C15H21F4N. The quantitative estimate of drug-likeness (QED) is 0.726. The van der Waals surface area contributed by atoms with Crippen molar-refractivity contribution in [3.8, 4) is 0 Å². The number of alkyl halides is 3. The van der Waals surface area contributed by atoms with Crippen LogP contribution in [0.5, 0.6) is 0 Å². The van der Waals surface area contributed by atoms with Gasteiger partial charge in [0.05, 0.1) is 5.56 Å². The average Bonchev–Trinajstić information content (AvgIpc) is 2.36. The summed E-state index contributed by atoms with van der Waals surface area (Å²) >= 11 is 0. The lowest BCUT2D eigenvalue weighted by molar-refractivity contribution is -0.140. The fourth-order valence-corrected chi connectivity index (χ4v) is 2.27. The zero-order chi connectivity index (χ0) is 15.2. The van der Waals surface area contributed by atoms with Gasteiger partial charge in [0.25, 0.3) is 0 Å². The summed E-state index contributed by atoms with van der Waals surface area (Å²) in [5.74, 6) is -1.21. The van der Waals surface area contributed by atoms with E-state index < -0.39 is 17.6 Å². The molecule has 0 saturated heterocycles. The summed E-state index contributed by atoms with van der Waals surface area (Å²) in [5.41, 5.74) is -0.650. The highest BCUT2D eigenvalue weighted by Crippen LogP contribution is 2.32. The molecule has 0 spiro atoms. The SMILES string of the molecule is CCCC(CCc1ccc(F)c(C(F)(F)F)c1)NCC. The van der Waals surface area contributed by atoms with Crippen LogP contribution in [-0.4, -0.2) is 12.6 Å². The fourth-order valence-electron chi connectivity index (χ4n) is 2.27. The normalized spacial score (nSPS) is 13.5. The van der Waals surface area contributed by atoms with E-state index in [0.717, 1.165) is 37.9 Å². The Morgan fingerprint density at radius 3 is 2.40 bits per heavy atom. The molecule has 1 aromatic carbocycles. The molecule has 0 saturated carbocycles. The zero-order valence-corrected chi connectivity index (χ0v) is 11.9. The molecule has 1 aromatic rings. The smallest absolute Gasteiger partial charge is 0.314 e. The van der Waals surface area contributed by atoms with Crippen LogP contribution in [0.25, 0.3) is 0 Å². The maximum atomic E-state index is 13.2. The molecule has 20 heavy (non-hydrogen) atoms. The second kappa shape index (κ2) is 7.62. The Morgan fingerprint density at radius 2 is 1.85 bits per heavy atom. The van der Waals surface area contributed by atoms with Crippen molar-refractivity contribution >= 4 is 0 Å². The Kier molecular flexibility index (Phi) is 6.46. The van der Waals surface area contributed by atoms with Gasteiger partial charge >= 0.3 is 6.18 Å². The van der Waals surface area contributed by atoms with Crippen molar-refractivity contribution in [3.05, 3.63) is 35.1 Å². The molecule has 1 atom stereocenters. The molecular weight excluding hydrogens is 270 g/mol. The van der Waals surface area contributed by atoms with E-state index in [9.17, 15) is 17.6 Å². The lowest BCUT2D eigenvalue weighted by atomic mass is 10.00. The third-order valence-corrected chi connectivity index (χ3v) is 3.25. The monoisotopic (exact) mass is 291 g/mol. The van der Waals surface area contributed by atoms with E-state index in [2.05, 4.69) is 12.2 Å². The number of hydrogen-bond donors (Lipinski definition) is 1. The first-order valence-electron chi connectivity index (χ1n) is 6.97. The number of aryl methyl sites for hydroxylation is 1. The Balaban J connectivity index is 2.73. The number of benzene rings is 1. The van der Waals surface area contributed by atoms with Gasteiger partial charge in [0.2, 0.25) is 0 Å². The van der Waals surface area contributed by atoms with Crippen molar-refractivity contribution in [1.82, 2.24) is 5.32 Å². The molecule has 1 rings (SSSR count). The number of hydrogen-bond acceptors (Lipinski definition) is 1. The zero-order valence-electron chi connectivity index (χ0n) is 11.9. The van der Waals surface area contributed by atoms with E-state index in [4.69, 9.17) is 0 Å². The van der Waals surface area contributed by atoms with Crippen LogP contribution in [0.3, 0.4) is 0 Å². The van der Waals surface area contributed by atoms with Gasteiger partial charge in [-0.3, -0.25) is 0 Å². The minimum absolute atomic E-state index is 0.296. The van der Waals surface area contributed by atoms with E-state index >= 15 is 0 Å². The summed E-state index contributed by atoms with van der Waals surface area (Å²) < 4.78 is 51.0. The molecule has 0 amide bonds. The van der Waals surface area contributed by atoms with E-state index in [-0.39, 0.29) is 0 Å². The Morgan fingerprint density at radius 1 is 1.15 bits per heavy atom. The summed E-state index contributed by atoms with van der Waals surface area (Å²) in [7, 11) is 0. The highest BCUT2D eigenvalue weighted by atomic mass is 19.4. The second-order valence-electron chi connectivity index (χ2n) is 4.89. The van der Waals surface area contributed by atoms with Crippen LogP contribution in [0, 0.1) is 5.82 Å². The summed E-state index contributed by atoms with van der Waals surface area (Å²) in [5, 5.41) is 3.31. The largest absolute Gasteiger partial charge is 0.419 e. The number of halogens is 4. The van der Waals surface area contributed by atoms with Crippen LogP contribution in [0.2, 0.25) is 0 Å². The van der Waals surface area contributed by atoms with Crippen molar-refractivity contribution in [3.63, 3.8) is 0 Å². The maximum Gasteiger partial charge on any atom is 0.419 e. The minimum Gasteiger partial charge on any atom is -0.314 e. The third kappa shape index (κ3) is 5.12. The molecule has 1 unspecified atom stereocenters. The van der Waals surface area contributed by atoms with Crippen molar-refractivity contribution in [2.24, 2.45) is 0 Å². The first-order valence-corrected chi connectivity index (χ1v) is 6.97. The molecule has 0 aliphatic heterocycles. The predicted molar refractivity (Wildman–Crippen MR) is 72.1 cm³/mol. The summed E-state index contributed by atoms with van der Waals surface area (Å²) in [6.07, 6.45) is -1.35. The molecule has 5 heteroatoms. The third-order valence-electron chi connectivity index (χ3n) is 3.25. The summed E-state index contributed by atoms with van der Waals surface area (Å²) in [6, 6.07) is 3.55.